The summed E-state index contributed by atoms with van der Waals surface area (Å²) in [5.41, 5.74) is -1.02. The van der Waals surface area contributed by atoms with Crippen molar-refractivity contribution in [1.29, 1.82) is 0 Å². The van der Waals surface area contributed by atoms with Crippen molar-refractivity contribution in [1.82, 2.24) is 5.32 Å². The molecule has 1 aromatic rings. The number of carbonyl (C=O) groups excluding carboxylic acids is 1. The van der Waals surface area contributed by atoms with E-state index in [-0.39, 0.29) is 12.1 Å². The Labute approximate surface area is 122 Å². The van der Waals surface area contributed by atoms with Gasteiger partial charge in [0.25, 0.3) is 0 Å². The number of para-hydroxylation sites is 1. The van der Waals surface area contributed by atoms with Crippen LogP contribution in [0.3, 0.4) is 0 Å². The van der Waals surface area contributed by atoms with E-state index < -0.39 is 17.6 Å². The molecule has 0 unspecified atom stereocenters. The van der Waals surface area contributed by atoms with E-state index >= 15 is 0 Å². The molecule has 0 aromatic heterocycles. The van der Waals surface area contributed by atoms with Crippen LogP contribution in [0.5, 0.6) is 0 Å². The van der Waals surface area contributed by atoms with E-state index in [0.717, 1.165) is 19.0 Å². The average Bonchev–Trinajstić information content (AvgIpc) is 2.37. The molecule has 0 radical (unpaired) electrons. The molecule has 3 nitrogen and oxygen atoms in total. The monoisotopic (exact) mass is 302 g/mol. The second-order valence-corrected chi connectivity index (χ2v) is 5.27. The summed E-state index contributed by atoms with van der Waals surface area (Å²) in [5.74, 6) is 0.147. The van der Waals surface area contributed by atoms with E-state index in [1.54, 1.807) is 0 Å². The number of hydrogen-bond donors (Lipinski definition) is 2. The van der Waals surface area contributed by atoms with Gasteiger partial charge in [0, 0.05) is 13.0 Å². The van der Waals surface area contributed by atoms with Crippen molar-refractivity contribution in [2.45, 2.75) is 32.9 Å². The third-order valence-electron chi connectivity index (χ3n) is 2.93. The van der Waals surface area contributed by atoms with Crippen LogP contribution in [0.25, 0.3) is 0 Å². The Morgan fingerprint density at radius 2 is 1.86 bits per heavy atom. The normalized spacial score (nSPS) is 11.7. The van der Waals surface area contributed by atoms with Crippen LogP contribution in [0.1, 0.15) is 32.3 Å². The minimum atomic E-state index is -4.47. The Kier molecular flexibility index (Phi) is 6.68. The maximum Gasteiger partial charge on any atom is 0.418 e. The van der Waals surface area contributed by atoms with Crippen molar-refractivity contribution in [2.24, 2.45) is 5.92 Å². The minimum absolute atomic E-state index is 0.143. The smallest absolute Gasteiger partial charge is 0.325 e. The summed E-state index contributed by atoms with van der Waals surface area (Å²) in [6, 6.07) is 4.97. The highest BCUT2D eigenvalue weighted by atomic mass is 19.4. The molecule has 0 spiro atoms. The van der Waals surface area contributed by atoms with Crippen molar-refractivity contribution < 1.29 is 18.0 Å². The van der Waals surface area contributed by atoms with Crippen LogP contribution in [0, 0.1) is 5.92 Å². The van der Waals surface area contributed by atoms with Crippen molar-refractivity contribution in [3.05, 3.63) is 29.8 Å². The van der Waals surface area contributed by atoms with Crippen LogP contribution in [-0.4, -0.2) is 19.0 Å². The van der Waals surface area contributed by atoms with Gasteiger partial charge in [0.05, 0.1) is 11.3 Å². The van der Waals surface area contributed by atoms with Gasteiger partial charge in [-0.3, -0.25) is 4.79 Å². The second-order valence-electron chi connectivity index (χ2n) is 5.27. The maximum atomic E-state index is 12.8. The molecule has 1 aromatic carbocycles. The van der Waals surface area contributed by atoms with Gasteiger partial charge < -0.3 is 10.6 Å². The molecule has 21 heavy (non-hydrogen) atoms. The Hall–Kier alpha value is -1.56. The molecule has 0 aliphatic carbocycles. The van der Waals surface area contributed by atoms with Gasteiger partial charge >= 0.3 is 6.18 Å². The highest BCUT2D eigenvalue weighted by molar-refractivity contribution is 5.91. The van der Waals surface area contributed by atoms with Crippen molar-refractivity contribution in [3.63, 3.8) is 0 Å². The highest BCUT2D eigenvalue weighted by Gasteiger charge is 2.33. The Balaban J connectivity index is 2.45. The zero-order valence-corrected chi connectivity index (χ0v) is 12.3. The lowest BCUT2D eigenvalue weighted by Gasteiger charge is -2.13. The molecule has 0 atom stereocenters. The van der Waals surface area contributed by atoms with E-state index in [1.807, 2.05) is 0 Å². The molecule has 0 fully saturated rings. The predicted octanol–water partition coefficient (Wildman–Crippen LogP) is 3.67. The number of anilines is 1. The van der Waals surface area contributed by atoms with Crippen LogP contribution in [0.2, 0.25) is 0 Å². The molecule has 0 bridgehead atoms. The Morgan fingerprint density at radius 3 is 2.48 bits per heavy atom. The van der Waals surface area contributed by atoms with Crippen LogP contribution in [0.15, 0.2) is 24.3 Å². The fourth-order valence-electron chi connectivity index (χ4n) is 1.77. The molecule has 6 heteroatoms. The van der Waals surface area contributed by atoms with Crippen LogP contribution in [0.4, 0.5) is 18.9 Å². The summed E-state index contributed by atoms with van der Waals surface area (Å²) in [6.07, 6.45) is -3.33. The quantitative estimate of drug-likeness (QED) is 0.755. The highest BCUT2D eigenvalue weighted by Crippen LogP contribution is 2.34. The number of halogens is 3. The Bertz CT molecular complexity index is 458. The average molecular weight is 302 g/mol. The van der Waals surface area contributed by atoms with Crippen molar-refractivity contribution >= 4 is 11.6 Å². The first-order valence-corrected chi connectivity index (χ1v) is 6.97. The largest absolute Gasteiger partial charge is 0.418 e. The lowest BCUT2D eigenvalue weighted by atomic mass is 10.1. The number of amides is 1. The Morgan fingerprint density at radius 1 is 1.19 bits per heavy atom. The first-order valence-electron chi connectivity index (χ1n) is 6.97. The van der Waals surface area contributed by atoms with Gasteiger partial charge in [0.2, 0.25) is 5.91 Å². The lowest BCUT2D eigenvalue weighted by Crippen LogP contribution is -2.24. The van der Waals surface area contributed by atoms with Gasteiger partial charge in [-0.1, -0.05) is 26.0 Å². The fourth-order valence-corrected chi connectivity index (χ4v) is 1.77. The molecule has 0 saturated carbocycles. The van der Waals surface area contributed by atoms with E-state index in [4.69, 9.17) is 0 Å². The number of carbonyl (C=O) groups is 1. The number of hydrogen-bond acceptors (Lipinski definition) is 2. The SMILES string of the molecule is CC(C)CCNCCC(=O)Nc1ccccc1C(F)(F)F. The second kappa shape index (κ2) is 8.02. The van der Waals surface area contributed by atoms with Gasteiger partial charge in [-0.15, -0.1) is 0 Å². The van der Waals surface area contributed by atoms with E-state index in [2.05, 4.69) is 24.5 Å². The molecule has 118 valence electrons. The predicted molar refractivity (Wildman–Crippen MR) is 77.0 cm³/mol. The molecular weight excluding hydrogens is 281 g/mol. The number of rotatable bonds is 7. The van der Waals surface area contributed by atoms with Gasteiger partial charge in [-0.25, -0.2) is 0 Å². The van der Waals surface area contributed by atoms with Crippen molar-refractivity contribution in [3.8, 4) is 0 Å². The molecule has 2 N–H and O–H groups in total. The summed E-state index contributed by atoms with van der Waals surface area (Å²) in [5, 5.41) is 5.41. The zero-order valence-electron chi connectivity index (χ0n) is 12.3. The zero-order chi connectivity index (χ0) is 15.9. The molecule has 0 heterocycles. The summed E-state index contributed by atoms with van der Waals surface area (Å²) in [6.45, 7) is 5.45. The van der Waals surface area contributed by atoms with Crippen LogP contribution >= 0.6 is 0 Å². The third kappa shape index (κ3) is 6.62. The summed E-state index contributed by atoms with van der Waals surface area (Å²) in [4.78, 5) is 11.7. The molecule has 0 aliphatic heterocycles. The van der Waals surface area contributed by atoms with Gasteiger partial charge in [-0.05, 0) is 31.0 Å². The number of alkyl halides is 3. The maximum absolute atomic E-state index is 12.8. The number of nitrogens with one attached hydrogen (secondary N) is 2. The van der Waals surface area contributed by atoms with Crippen molar-refractivity contribution in [2.75, 3.05) is 18.4 Å². The molecular formula is C15H21F3N2O. The first kappa shape index (κ1) is 17.5. The minimum Gasteiger partial charge on any atom is -0.325 e. The molecule has 1 rings (SSSR count). The summed E-state index contributed by atoms with van der Waals surface area (Å²) in [7, 11) is 0. The van der Waals surface area contributed by atoms with E-state index in [0.29, 0.717) is 12.5 Å². The molecule has 0 saturated heterocycles. The fraction of sp³-hybridized carbons (Fsp3) is 0.533. The summed E-state index contributed by atoms with van der Waals surface area (Å²) >= 11 is 0. The molecule has 1 amide bonds. The van der Waals surface area contributed by atoms with Gasteiger partial charge in [0.1, 0.15) is 0 Å². The molecule has 0 aliphatic rings. The first-order chi connectivity index (χ1) is 9.80. The van der Waals surface area contributed by atoms with E-state index in [1.165, 1.54) is 18.2 Å². The van der Waals surface area contributed by atoms with E-state index in [9.17, 15) is 18.0 Å². The van der Waals surface area contributed by atoms with Crippen LogP contribution in [-0.2, 0) is 11.0 Å². The number of benzene rings is 1. The van der Waals surface area contributed by atoms with Gasteiger partial charge in [-0.2, -0.15) is 13.2 Å². The third-order valence-corrected chi connectivity index (χ3v) is 2.93. The summed E-state index contributed by atoms with van der Waals surface area (Å²) < 4.78 is 38.3. The standard InChI is InChI=1S/C15H21F3N2O/c1-11(2)7-9-19-10-8-14(21)20-13-6-4-3-5-12(13)15(16,17)18/h3-6,11,19H,7-10H2,1-2H3,(H,20,21). The van der Waals surface area contributed by atoms with Gasteiger partial charge in [0.15, 0.2) is 0 Å². The van der Waals surface area contributed by atoms with Crippen LogP contribution < -0.4 is 10.6 Å². The topological polar surface area (TPSA) is 41.1 Å². The lowest BCUT2D eigenvalue weighted by molar-refractivity contribution is -0.137.